The molecule has 0 bridgehead atoms. The Morgan fingerprint density at radius 3 is 1.84 bits per heavy atom. The van der Waals surface area contributed by atoms with Gasteiger partial charge in [0.2, 0.25) is 0 Å². The third kappa shape index (κ3) is 6.06. The number of aryl methyl sites for hydroxylation is 1. The van der Waals surface area contributed by atoms with Gasteiger partial charge in [-0.3, -0.25) is 4.79 Å². The first-order chi connectivity index (χ1) is 21.8. The number of ether oxygens (including phenoxy) is 4. The van der Waals surface area contributed by atoms with E-state index in [0.717, 1.165) is 15.9 Å². The lowest BCUT2D eigenvalue weighted by Crippen LogP contribution is -2.45. The molecule has 0 amide bonds. The van der Waals surface area contributed by atoms with Gasteiger partial charge in [0.15, 0.2) is 18.4 Å². The van der Waals surface area contributed by atoms with E-state index in [2.05, 4.69) is 4.98 Å². The van der Waals surface area contributed by atoms with Crippen molar-refractivity contribution in [3.63, 3.8) is 0 Å². The van der Waals surface area contributed by atoms with E-state index >= 15 is 0 Å². The Morgan fingerprint density at radius 2 is 1.29 bits per heavy atom. The van der Waals surface area contributed by atoms with E-state index in [0.29, 0.717) is 11.1 Å². The van der Waals surface area contributed by atoms with E-state index in [1.54, 1.807) is 79.0 Å². The topological polar surface area (TPSA) is 143 Å². The van der Waals surface area contributed by atoms with E-state index in [1.165, 1.54) is 24.3 Å². The minimum absolute atomic E-state index is 0.175. The smallest absolute Gasteiger partial charge is 0.338 e. The molecule has 0 radical (unpaired) electrons. The fourth-order valence-electron chi connectivity index (χ4n) is 5.02. The van der Waals surface area contributed by atoms with Crippen LogP contribution in [0.25, 0.3) is 10.2 Å². The Kier molecular flexibility index (Phi) is 8.41. The van der Waals surface area contributed by atoms with Crippen LogP contribution < -0.4 is 11.2 Å². The molecular formula is C33H26N2O9S. The zero-order valence-corrected chi connectivity index (χ0v) is 24.6. The lowest BCUT2D eigenvalue weighted by molar-refractivity contribution is -0.0650. The molecule has 0 aliphatic carbocycles. The van der Waals surface area contributed by atoms with E-state index in [-0.39, 0.29) is 21.4 Å². The van der Waals surface area contributed by atoms with Crippen molar-refractivity contribution in [2.45, 2.75) is 31.5 Å². The molecule has 11 nitrogen and oxygen atoms in total. The van der Waals surface area contributed by atoms with Crippen molar-refractivity contribution in [1.29, 1.82) is 0 Å². The average molecular weight is 627 g/mol. The van der Waals surface area contributed by atoms with Crippen LogP contribution in [0.4, 0.5) is 0 Å². The van der Waals surface area contributed by atoms with E-state index in [1.807, 2.05) is 0 Å². The summed E-state index contributed by atoms with van der Waals surface area (Å²) in [5.74, 6) is -2.27. The molecule has 1 N–H and O–H groups in total. The third-order valence-corrected chi connectivity index (χ3v) is 8.36. The number of esters is 3. The first kappa shape index (κ1) is 29.7. The second kappa shape index (κ2) is 12.7. The highest BCUT2D eigenvalue weighted by molar-refractivity contribution is 7.17. The standard InChI is InChI=1S/C33H26N2O9S/c1-19-18-45-27-24(19)34-33(40)35(28(27)36)29-26(44-32(39)22-15-9-4-10-16-22)25(43-31(38)21-13-7-3-8-14-21)23(42-29)17-41-30(37)20-11-5-2-6-12-20/h2-16,18,23,25-26,29H,17H2,1H3,(H,34,40)/t23-,25-,26-,29-/m1/s1. The van der Waals surface area contributed by atoms with Gasteiger partial charge in [0.1, 0.15) is 17.4 Å². The number of carbonyl (C=O) groups is 3. The van der Waals surface area contributed by atoms with Crippen molar-refractivity contribution >= 4 is 39.5 Å². The molecule has 2 aromatic heterocycles. The number of fused-ring (bicyclic) bond motifs is 1. The summed E-state index contributed by atoms with van der Waals surface area (Å²) in [7, 11) is 0. The number of aromatic nitrogens is 2. The summed E-state index contributed by atoms with van der Waals surface area (Å²) in [6.45, 7) is 1.30. The molecule has 228 valence electrons. The monoisotopic (exact) mass is 626 g/mol. The highest BCUT2D eigenvalue weighted by Gasteiger charge is 2.52. The maximum atomic E-state index is 13.7. The minimum atomic E-state index is -1.55. The normalized spacial score (nSPS) is 19.2. The Bertz CT molecular complexity index is 1970. The molecule has 5 aromatic rings. The van der Waals surface area contributed by atoms with Gasteiger partial charge in [-0.2, -0.15) is 0 Å². The molecule has 1 aliphatic heterocycles. The Labute approximate surface area is 259 Å². The molecule has 1 aliphatic rings. The summed E-state index contributed by atoms with van der Waals surface area (Å²) in [6, 6.07) is 24.3. The van der Waals surface area contributed by atoms with Gasteiger partial charge in [-0.1, -0.05) is 54.6 Å². The molecule has 1 fully saturated rings. The molecule has 1 saturated heterocycles. The fraction of sp³-hybridized carbons (Fsp3) is 0.182. The van der Waals surface area contributed by atoms with Gasteiger partial charge < -0.3 is 23.9 Å². The largest absolute Gasteiger partial charge is 0.459 e. The number of nitrogens with one attached hydrogen (secondary N) is 1. The lowest BCUT2D eigenvalue weighted by Gasteiger charge is -2.24. The average Bonchev–Trinajstić information content (AvgIpc) is 3.60. The maximum absolute atomic E-state index is 13.7. The van der Waals surface area contributed by atoms with Crippen LogP contribution in [0.1, 0.15) is 42.9 Å². The van der Waals surface area contributed by atoms with Crippen LogP contribution in [0.15, 0.2) is 106 Å². The molecule has 3 aromatic carbocycles. The highest BCUT2D eigenvalue weighted by Crippen LogP contribution is 2.35. The SMILES string of the molecule is Cc1csc2c(=O)n([C@@H]3O[C@H](COC(=O)c4ccccc4)[C@@H](OC(=O)c4ccccc4)[C@H]3OC(=O)c3ccccc3)c(=O)[nH]c12. The van der Waals surface area contributed by atoms with E-state index < -0.39 is 60.3 Å². The van der Waals surface area contributed by atoms with Gasteiger partial charge in [-0.25, -0.2) is 23.7 Å². The second-order valence-corrected chi connectivity index (χ2v) is 11.1. The summed E-state index contributed by atoms with van der Waals surface area (Å²) in [6.07, 6.45) is -5.68. The van der Waals surface area contributed by atoms with Crippen molar-refractivity contribution in [3.05, 3.63) is 139 Å². The number of thiophene rings is 1. The van der Waals surface area contributed by atoms with Crippen molar-refractivity contribution < 1.29 is 33.3 Å². The lowest BCUT2D eigenvalue weighted by atomic mass is 10.1. The number of rotatable bonds is 8. The van der Waals surface area contributed by atoms with Crippen LogP contribution >= 0.6 is 11.3 Å². The predicted molar refractivity (Wildman–Crippen MR) is 163 cm³/mol. The summed E-state index contributed by atoms with van der Waals surface area (Å²) in [4.78, 5) is 69.3. The first-order valence-corrected chi connectivity index (χ1v) is 14.8. The molecular weight excluding hydrogens is 600 g/mol. The molecule has 45 heavy (non-hydrogen) atoms. The number of aromatic amines is 1. The van der Waals surface area contributed by atoms with E-state index in [4.69, 9.17) is 18.9 Å². The highest BCUT2D eigenvalue weighted by atomic mass is 32.1. The number of hydrogen-bond acceptors (Lipinski definition) is 10. The van der Waals surface area contributed by atoms with Gasteiger partial charge in [0, 0.05) is 0 Å². The van der Waals surface area contributed by atoms with Crippen LogP contribution in [-0.2, 0) is 18.9 Å². The zero-order valence-electron chi connectivity index (χ0n) is 23.8. The number of hydrogen-bond donors (Lipinski definition) is 1. The van der Waals surface area contributed by atoms with Crippen molar-refractivity contribution in [2.24, 2.45) is 0 Å². The Hall–Kier alpha value is -5.33. The Morgan fingerprint density at radius 1 is 0.778 bits per heavy atom. The van der Waals surface area contributed by atoms with Crippen molar-refractivity contribution in [2.75, 3.05) is 6.61 Å². The van der Waals surface area contributed by atoms with Gasteiger partial charge in [-0.15, -0.1) is 11.3 Å². The number of benzene rings is 3. The summed E-state index contributed by atoms with van der Waals surface area (Å²) in [5.41, 5.74) is 0.206. The third-order valence-electron chi connectivity index (χ3n) is 7.27. The van der Waals surface area contributed by atoms with Crippen LogP contribution in [0.5, 0.6) is 0 Å². The van der Waals surface area contributed by atoms with E-state index in [9.17, 15) is 24.0 Å². The molecule has 6 rings (SSSR count). The first-order valence-electron chi connectivity index (χ1n) is 13.9. The van der Waals surface area contributed by atoms with Crippen molar-refractivity contribution in [3.8, 4) is 0 Å². The second-order valence-electron chi connectivity index (χ2n) is 10.2. The molecule has 12 heteroatoms. The number of H-pyrrole nitrogens is 1. The maximum Gasteiger partial charge on any atom is 0.338 e. The molecule has 3 heterocycles. The number of carbonyl (C=O) groups excluding carboxylic acids is 3. The predicted octanol–water partition coefficient (Wildman–Crippen LogP) is 4.27. The van der Waals surface area contributed by atoms with Crippen molar-refractivity contribution in [1.82, 2.24) is 9.55 Å². The van der Waals surface area contributed by atoms with Crippen LogP contribution in [0.2, 0.25) is 0 Å². The van der Waals surface area contributed by atoms with Gasteiger partial charge in [0.25, 0.3) is 5.56 Å². The molecule has 4 atom stereocenters. The fourth-order valence-corrected chi connectivity index (χ4v) is 5.96. The minimum Gasteiger partial charge on any atom is -0.459 e. The van der Waals surface area contributed by atoms with Gasteiger partial charge in [0.05, 0.1) is 22.2 Å². The van der Waals surface area contributed by atoms with Crippen LogP contribution in [0.3, 0.4) is 0 Å². The summed E-state index contributed by atoms with van der Waals surface area (Å²) < 4.78 is 24.5. The molecule has 0 unspecified atom stereocenters. The van der Waals surface area contributed by atoms with Crippen LogP contribution in [0, 0.1) is 6.92 Å². The summed E-state index contributed by atoms with van der Waals surface area (Å²) >= 11 is 1.13. The van der Waals surface area contributed by atoms with Gasteiger partial charge >= 0.3 is 23.6 Å². The Balaban J connectivity index is 1.41. The molecule has 0 saturated carbocycles. The quantitative estimate of drug-likeness (QED) is 0.197. The van der Waals surface area contributed by atoms with Gasteiger partial charge in [-0.05, 0) is 54.3 Å². The zero-order chi connectivity index (χ0) is 31.5. The number of nitrogens with zero attached hydrogens (tertiary/aromatic N) is 1. The van der Waals surface area contributed by atoms with Crippen LogP contribution in [-0.4, -0.2) is 52.4 Å². The summed E-state index contributed by atoms with van der Waals surface area (Å²) in [5, 5.41) is 1.73. The molecule has 0 spiro atoms.